The van der Waals surface area contributed by atoms with Crippen LogP contribution in [0.5, 0.6) is 0 Å². The molecule has 0 aromatic heterocycles. The summed E-state index contributed by atoms with van der Waals surface area (Å²) in [5.41, 5.74) is 6.05. The summed E-state index contributed by atoms with van der Waals surface area (Å²) in [7, 11) is 2.24. The Labute approximate surface area is 118 Å². The lowest BCUT2D eigenvalue weighted by atomic mass is 9.83. The van der Waals surface area contributed by atoms with Crippen LogP contribution >= 0.6 is 0 Å². The Morgan fingerprint density at radius 3 is 2.05 bits per heavy atom. The van der Waals surface area contributed by atoms with Crippen molar-refractivity contribution in [1.29, 1.82) is 0 Å². The molecule has 1 aromatic carbocycles. The molecule has 0 radical (unpaired) electrons. The lowest BCUT2D eigenvalue weighted by Gasteiger charge is -2.36. The van der Waals surface area contributed by atoms with Crippen LogP contribution in [0.1, 0.15) is 43.0 Å². The lowest BCUT2D eigenvalue weighted by molar-refractivity contribution is 0.172. The number of nitrogens with zero attached hydrogens (tertiary/aromatic N) is 1. The smallest absolute Gasteiger partial charge is 0.0345 e. The molecular formula is C17H28N2. The highest BCUT2D eigenvalue weighted by atomic mass is 15.2. The van der Waals surface area contributed by atoms with E-state index in [0.717, 1.165) is 19.6 Å². The summed E-state index contributed by atoms with van der Waals surface area (Å²) in [5.74, 6) is 0. The molecule has 19 heavy (non-hydrogen) atoms. The lowest BCUT2D eigenvalue weighted by Crippen LogP contribution is -2.55. The van der Waals surface area contributed by atoms with Gasteiger partial charge in [0.25, 0.3) is 0 Å². The minimum atomic E-state index is 0.234. The minimum absolute atomic E-state index is 0.234. The van der Waals surface area contributed by atoms with Gasteiger partial charge in [0.15, 0.2) is 0 Å². The third-order valence-corrected chi connectivity index (χ3v) is 4.35. The second-order valence-electron chi connectivity index (χ2n) is 7.07. The molecule has 2 nitrogen and oxygen atoms in total. The molecule has 1 fully saturated rings. The Hall–Kier alpha value is -0.860. The van der Waals surface area contributed by atoms with Gasteiger partial charge in [0.2, 0.25) is 0 Å². The van der Waals surface area contributed by atoms with Gasteiger partial charge in [0.1, 0.15) is 0 Å². The van der Waals surface area contributed by atoms with Crippen molar-refractivity contribution >= 4 is 0 Å². The molecule has 2 rings (SSSR count). The summed E-state index contributed by atoms with van der Waals surface area (Å²) >= 11 is 0. The predicted molar refractivity (Wildman–Crippen MR) is 82.7 cm³/mol. The van der Waals surface area contributed by atoms with E-state index in [9.17, 15) is 0 Å². The van der Waals surface area contributed by atoms with E-state index in [1.807, 2.05) is 0 Å². The van der Waals surface area contributed by atoms with Crippen LogP contribution in [-0.2, 0) is 12.0 Å². The maximum Gasteiger partial charge on any atom is 0.0345 e. The highest BCUT2D eigenvalue weighted by Gasteiger charge is 2.23. The summed E-state index contributed by atoms with van der Waals surface area (Å²) in [6.07, 6.45) is 0. The maximum absolute atomic E-state index is 3.34. The second kappa shape index (κ2) is 5.26. The quantitative estimate of drug-likeness (QED) is 0.899. The Balaban J connectivity index is 2.21. The maximum atomic E-state index is 3.34. The molecule has 0 bridgehead atoms. The van der Waals surface area contributed by atoms with Crippen molar-refractivity contribution in [3.05, 3.63) is 34.4 Å². The summed E-state index contributed by atoms with van der Waals surface area (Å²) in [6.45, 7) is 14.7. The SMILES string of the molecule is Cc1cc(C(C)(C)C)cc(C)c1CN(C)C1CNC1. The molecule has 0 unspecified atom stereocenters. The molecule has 1 aliphatic rings. The first-order chi connectivity index (χ1) is 8.79. The van der Waals surface area contributed by atoms with E-state index >= 15 is 0 Å². The molecule has 2 heteroatoms. The summed E-state index contributed by atoms with van der Waals surface area (Å²) < 4.78 is 0. The van der Waals surface area contributed by atoms with E-state index in [1.54, 1.807) is 0 Å². The number of nitrogens with one attached hydrogen (secondary N) is 1. The van der Waals surface area contributed by atoms with Crippen molar-refractivity contribution < 1.29 is 0 Å². The van der Waals surface area contributed by atoms with Gasteiger partial charge in [-0.25, -0.2) is 0 Å². The minimum Gasteiger partial charge on any atom is -0.314 e. The van der Waals surface area contributed by atoms with Crippen LogP contribution in [0.15, 0.2) is 12.1 Å². The van der Waals surface area contributed by atoms with Crippen molar-refractivity contribution in [1.82, 2.24) is 10.2 Å². The molecule has 0 atom stereocenters. The van der Waals surface area contributed by atoms with E-state index in [1.165, 1.54) is 22.3 Å². The van der Waals surface area contributed by atoms with Crippen molar-refractivity contribution in [2.24, 2.45) is 0 Å². The first-order valence-corrected chi connectivity index (χ1v) is 7.30. The second-order valence-corrected chi connectivity index (χ2v) is 7.07. The normalized spacial score (nSPS) is 16.8. The van der Waals surface area contributed by atoms with Gasteiger partial charge in [0, 0.05) is 25.7 Å². The fraction of sp³-hybridized carbons (Fsp3) is 0.647. The molecule has 1 N–H and O–H groups in total. The van der Waals surface area contributed by atoms with Gasteiger partial charge in [-0.15, -0.1) is 0 Å². The van der Waals surface area contributed by atoms with Crippen LogP contribution < -0.4 is 5.32 Å². The summed E-state index contributed by atoms with van der Waals surface area (Å²) in [5, 5.41) is 3.34. The van der Waals surface area contributed by atoms with Gasteiger partial charge in [-0.1, -0.05) is 32.9 Å². The Bertz CT molecular complexity index is 430. The van der Waals surface area contributed by atoms with Gasteiger partial charge in [-0.05, 0) is 48.6 Å². The molecule has 0 spiro atoms. The largest absolute Gasteiger partial charge is 0.314 e. The van der Waals surface area contributed by atoms with E-state index in [4.69, 9.17) is 0 Å². The number of hydrogen-bond acceptors (Lipinski definition) is 2. The number of aryl methyl sites for hydroxylation is 2. The van der Waals surface area contributed by atoms with Crippen LogP contribution in [0.2, 0.25) is 0 Å². The zero-order valence-electron chi connectivity index (χ0n) is 13.3. The van der Waals surface area contributed by atoms with Crippen LogP contribution in [0, 0.1) is 13.8 Å². The van der Waals surface area contributed by atoms with Crippen molar-refractivity contribution in [2.75, 3.05) is 20.1 Å². The zero-order valence-corrected chi connectivity index (χ0v) is 13.3. The fourth-order valence-electron chi connectivity index (χ4n) is 2.64. The third kappa shape index (κ3) is 3.18. The molecule has 1 saturated heterocycles. The first-order valence-electron chi connectivity index (χ1n) is 7.30. The fourth-order valence-corrected chi connectivity index (χ4v) is 2.64. The molecule has 1 aliphatic heterocycles. The van der Waals surface area contributed by atoms with E-state index < -0.39 is 0 Å². The van der Waals surface area contributed by atoms with Crippen molar-refractivity contribution in [3.63, 3.8) is 0 Å². The van der Waals surface area contributed by atoms with Gasteiger partial charge >= 0.3 is 0 Å². The third-order valence-electron chi connectivity index (χ3n) is 4.35. The topological polar surface area (TPSA) is 15.3 Å². The molecule has 1 aromatic rings. The zero-order chi connectivity index (χ0) is 14.2. The van der Waals surface area contributed by atoms with E-state index in [2.05, 4.69) is 64.0 Å². The van der Waals surface area contributed by atoms with Crippen molar-refractivity contribution in [2.45, 2.75) is 52.6 Å². The van der Waals surface area contributed by atoms with Gasteiger partial charge in [-0.3, -0.25) is 4.90 Å². The average Bonchev–Trinajstić information content (AvgIpc) is 2.19. The number of hydrogen-bond donors (Lipinski definition) is 1. The standard InChI is InChI=1S/C17H28N2/c1-12-7-14(17(3,4)5)8-13(2)16(12)11-19(6)15-9-18-10-15/h7-8,15,18H,9-11H2,1-6H3. The van der Waals surface area contributed by atoms with Crippen LogP contribution in [0.25, 0.3) is 0 Å². The first kappa shape index (κ1) is 14.5. The predicted octanol–water partition coefficient (Wildman–Crippen LogP) is 3.00. The molecule has 0 amide bonds. The molecule has 0 saturated carbocycles. The Morgan fingerprint density at radius 1 is 1.16 bits per heavy atom. The van der Waals surface area contributed by atoms with Crippen LogP contribution in [0.4, 0.5) is 0 Å². The number of rotatable bonds is 3. The molecule has 106 valence electrons. The average molecular weight is 260 g/mol. The van der Waals surface area contributed by atoms with Gasteiger partial charge in [-0.2, -0.15) is 0 Å². The highest BCUT2D eigenvalue weighted by Crippen LogP contribution is 2.27. The number of likely N-dealkylation sites (N-methyl/N-ethyl adjacent to an activating group) is 1. The van der Waals surface area contributed by atoms with E-state index in [-0.39, 0.29) is 5.41 Å². The van der Waals surface area contributed by atoms with E-state index in [0.29, 0.717) is 6.04 Å². The van der Waals surface area contributed by atoms with Crippen LogP contribution in [-0.4, -0.2) is 31.1 Å². The molecular weight excluding hydrogens is 232 g/mol. The Kier molecular flexibility index (Phi) is 4.03. The number of benzene rings is 1. The van der Waals surface area contributed by atoms with Gasteiger partial charge < -0.3 is 5.32 Å². The summed E-state index contributed by atoms with van der Waals surface area (Å²) in [4.78, 5) is 2.47. The monoisotopic (exact) mass is 260 g/mol. The Morgan fingerprint density at radius 2 is 1.68 bits per heavy atom. The van der Waals surface area contributed by atoms with Crippen LogP contribution in [0.3, 0.4) is 0 Å². The molecule has 0 aliphatic carbocycles. The highest BCUT2D eigenvalue weighted by molar-refractivity contribution is 5.40. The van der Waals surface area contributed by atoms with Crippen molar-refractivity contribution in [3.8, 4) is 0 Å². The summed E-state index contributed by atoms with van der Waals surface area (Å²) in [6, 6.07) is 5.45. The molecule has 1 heterocycles. The van der Waals surface area contributed by atoms with Gasteiger partial charge in [0.05, 0.1) is 0 Å².